The van der Waals surface area contributed by atoms with Crippen molar-refractivity contribution in [3.63, 3.8) is 0 Å². The molecule has 0 spiro atoms. The summed E-state index contributed by atoms with van der Waals surface area (Å²) in [4.78, 5) is 2.06. The summed E-state index contributed by atoms with van der Waals surface area (Å²) >= 11 is 0. The maximum atomic E-state index is 12.3. The number of hydrogen-bond donors (Lipinski definition) is 0. The highest BCUT2D eigenvalue weighted by Crippen LogP contribution is 2.29. The minimum absolute atomic E-state index is 0.580. The predicted octanol–water partition coefficient (Wildman–Crippen LogP) is 3.20. The van der Waals surface area contributed by atoms with Crippen molar-refractivity contribution in [3.8, 4) is 0 Å². The second-order valence-corrected chi connectivity index (χ2v) is 4.10. The number of alkyl halides is 3. The minimum atomic E-state index is -4.23. The molecule has 0 aliphatic rings. The smallest absolute Gasteiger partial charge is 0.309 e. The van der Waals surface area contributed by atoms with Gasteiger partial charge in [-0.05, 0) is 51.2 Å². The Kier molecular flexibility index (Phi) is 4.35. The van der Waals surface area contributed by atoms with Crippen LogP contribution in [0.3, 0.4) is 0 Å². The van der Waals surface area contributed by atoms with Gasteiger partial charge in [0, 0.05) is 0 Å². The zero-order valence-electron chi connectivity index (χ0n) is 9.51. The standard InChI is InChI=1S/C12H16F3N/c1-16(2)9-3-4-10-5-7-11(8-6-10)12(13,14)15/h5-8H,3-4,9H2,1-2H3. The number of benzene rings is 1. The normalized spacial score (nSPS) is 12.1. The van der Waals surface area contributed by atoms with Crippen molar-refractivity contribution in [2.24, 2.45) is 0 Å². The molecule has 1 aromatic carbocycles. The lowest BCUT2D eigenvalue weighted by Gasteiger charge is -2.10. The van der Waals surface area contributed by atoms with E-state index in [-0.39, 0.29) is 0 Å². The zero-order chi connectivity index (χ0) is 12.2. The van der Waals surface area contributed by atoms with Gasteiger partial charge in [0.1, 0.15) is 0 Å². The summed E-state index contributed by atoms with van der Waals surface area (Å²) in [6, 6.07) is 5.40. The summed E-state index contributed by atoms with van der Waals surface area (Å²) < 4.78 is 36.8. The van der Waals surface area contributed by atoms with E-state index < -0.39 is 11.7 Å². The van der Waals surface area contributed by atoms with E-state index in [1.54, 1.807) is 12.1 Å². The highest BCUT2D eigenvalue weighted by Gasteiger charge is 2.29. The Morgan fingerprint density at radius 1 is 1.06 bits per heavy atom. The Morgan fingerprint density at radius 3 is 2.06 bits per heavy atom. The van der Waals surface area contributed by atoms with Gasteiger partial charge < -0.3 is 4.90 Å². The van der Waals surface area contributed by atoms with Gasteiger partial charge in [-0.3, -0.25) is 0 Å². The maximum absolute atomic E-state index is 12.3. The predicted molar refractivity (Wildman–Crippen MR) is 58.3 cm³/mol. The van der Waals surface area contributed by atoms with E-state index >= 15 is 0 Å². The van der Waals surface area contributed by atoms with E-state index in [0.29, 0.717) is 0 Å². The Labute approximate surface area is 93.9 Å². The van der Waals surface area contributed by atoms with Crippen molar-refractivity contribution in [3.05, 3.63) is 35.4 Å². The third-order valence-corrected chi connectivity index (χ3v) is 2.35. The maximum Gasteiger partial charge on any atom is 0.416 e. The first-order valence-electron chi connectivity index (χ1n) is 5.20. The van der Waals surface area contributed by atoms with Gasteiger partial charge >= 0.3 is 6.18 Å². The molecule has 0 fully saturated rings. The Bertz CT molecular complexity index is 314. The molecule has 16 heavy (non-hydrogen) atoms. The molecule has 0 N–H and O–H groups in total. The SMILES string of the molecule is CN(C)CCCc1ccc(C(F)(F)F)cc1. The Morgan fingerprint density at radius 2 is 1.62 bits per heavy atom. The van der Waals surface area contributed by atoms with Crippen molar-refractivity contribution in [2.75, 3.05) is 20.6 Å². The van der Waals surface area contributed by atoms with Gasteiger partial charge in [0.2, 0.25) is 0 Å². The van der Waals surface area contributed by atoms with E-state index in [1.165, 1.54) is 0 Å². The molecule has 90 valence electrons. The van der Waals surface area contributed by atoms with Crippen molar-refractivity contribution < 1.29 is 13.2 Å². The molecule has 0 amide bonds. The lowest BCUT2D eigenvalue weighted by atomic mass is 10.1. The van der Waals surface area contributed by atoms with E-state index in [1.807, 2.05) is 14.1 Å². The fourth-order valence-corrected chi connectivity index (χ4v) is 1.46. The summed E-state index contributed by atoms with van der Waals surface area (Å²) in [5.74, 6) is 0. The second-order valence-electron chi connectivity index (χ2n) is 4.10. The summed E-state index contributed by atoms with van der Waals surface area (Å²) in [6.45, 7) is 0.945. The lowest BCUT2D eigenvalue weighted by Crippen LogP contribution is -2.13. The molecule has 0 bridgehead atoms. The first-order valence-corrected chi connectivity index (χ1v) is 5.20. The van der Waals surface area contributed by atoms with Crippen LogP contribution in [0.4, 0.5) is 13.2 Å². The Hall–Kier alpha value is -1.03. The van der Waals surface area contributed by atoms with Crippen LogP contribution in [0.2, 0.25) is 0 Å². The van der Waals surface area contributed by atoms with Crippen LogP contribution in [0.15, 0.2) is 24.3 Å². The van der Waals surface area contributed by atoms with E-state index in [4.69, 9.17) is 0 Å². The van der Waals surface area contributed by atoms with Gasteiger partial charge in [-0.25, -0.2) is 0 Å². The van der Waals surface area contributed by atoms with E-state index in [2.05, 4.69) is 4.90 Å². The monoisotopic (exact) mass is 231 g/mol. The topological polar surface area (TPSA) is 3.24 Å². The molecular formula is C12H16F3N. The van der Waals surface area contributed by atoms with Gasteiger partial charge in [0.05, 0.1) is 5.56 Å². The van der Waals surface area contributed by atoms with Gasteiger partial charge in [-0.1, -0.05) is 12.1 Å². The van der Waals surface area contributed by atoms with Crippen LogP contribution < -0.4 is 0 Å². The molecule has 0 saturated heterocycles. The zero-order valence-corrected chi connectivity index (χ0v) is 9.51. The van der Waals surface area contributed by atoms with Crippen LogP contribution >= 0.6 is 0 Å². The number of halogens is 3. The summed E-state index contributed by atoms with van der Waals surface area (Å²) in [7, 11) is 3.96. The highest BCUT2D eigenvalue weighted by atomic mass is 19.4. The largest absolute Gasteiger partial charge is 0.416 e. The first kappa shape index (κ1) is 13.0. The second kappa shape index (κ2) is 5.34. The molecular weight excluding hydrogens is 215 g/mol. The third-order valence-electron chi connectivity index (χ3n) is 2.35. The van der Waals surface area contributed by atoms with Crippen molar-refractivity contribution >= 4 is 0 Å². The third kappa shape index (κ3) is 4.23. The lowest BCUT2D eigenvalue weighted by molar-refractivity contribution is -0.137. The molecule has 0 heterocycles. The molecule has 0 aliphatic carbocycles. The number of nitrogens with zero attached hydrogens (tertiary/aromatic N) is 1. The molecule has 0 radical (unpaired) electrons. The number of rotatable bonds is 4. The van der Waals surface area contributed by atoms with Crippen molar-refractivity contribution in [1.82, 2.24) is 4.90 Å². The number of hydrogen-bond acceptors (Lipinski definition) is 1. The van der Waals surface area contributed by atoms with Gasteiger partial charge in [0.15, 0.2) is 0 Å². The van der Waals surface area contributed by atoms with Crippen LogP contribution in [0.25, 0.3) is 0 Å². The van der Waals surface area contributed by atoms with Crippen LogP contribution in [0.1, 0.15) is 17.5 Å². The summed E-state index contributed by atoms with van der Waals surface area (Å²) in [6.07, 6.45) is -2.46. The quantitative estimate of drug-likeness (QED) is 0.769. The van der Waals surface area contributed by atoms with Crippen molar-refractivity contribution in [2.45, 2.75) is 19.0 Å². The van der Waals surface area contributed by atoms with Gasteiger partial charge in [-0.2, -0.15) is 13.2 Å². The molecule has 1 aromatic rings. The molecule has 0 saturated carbocycles. The average molecular weight is 231 g/mol. The van der Waals surface area contributed by atoms with E-state index in [0.717, 1.165) is 37.1 Å². The molecule has 0 atom stereocenters. The van der Waals surface area contributed by atoms with Crippen molar-refractivity contribution in [1.29, 1.82) is 0 Å². The van der Waals surface area contributed by atoms with Gasteiger partial charge in [0.25, 0.3) is 0 Å². The van der Waals surface area contributed by atoms with E-state index in [9.17, 15) is 13.2 Å². The fourth-order valence-electron chi connectivity index (χ4n) is 1.46. The fraction of sp³-hybridized carbons (Fsp3) is 0.500. The van der Waals surface area contributed by atoms with Crippen LogP contribution in [-0.4, -0.2) is 25.5 Å². The molecule has 0 aliphatic heterocycles. The van der Waals surface area contributed by atoms with Crippen LogP contribution in [0.5, 0.6) is 0 Å². The first-order chi connectivity index (χ1) is 7.39. The van der Waals surface area contributed by atoms with Gasteiger partial charge in [-0.15, -0.1) is 0 Å². The Balaban J connectivity index is 2.52. The molecule has 1 rings (SSSR count). The van der Waals surface area contributed by atoms with Crippen LogP contribution in [0, 0.1) is 0 Å². The molecule has 1 nitrogen and oxygen atoms in total. The summed E-state index contributed by atoms with van der Waals surface area (Å²) in [5, 5.41) is 0. The molecule has 4 heteroatoms. The highest BCUT2D eigenvalue weighted by molar-refractivity contribution is 5.24. The number of aryl methyl sites for hydroxylation is 1. The summed E-state index contributed by atoms with van der Waals surface area (Å²) in [5.41, 5.74) is 0.374. The molecule has 0 unspecified atom stereocenters. The van der Waals surface area contributed by atoms with Crippen LogP contribution in [-0.2, 0) is 12.6 Å². The molecule has 0 aromatic heterocycles. The average Bonchev–Trinajstić information content (AvgIpc) is 2.16. The minimum Gasteiger partial charge on any atom is -0.309 e.